The molecule has 1 N–H and O–H groups in total. The number of amides is 1. The number of rotatable bonds is 7. The summed E-state index contributed by atoms with van der Waals surface area (Å²) in [5.74, 6) is 5.37. The van der Waals surface area contributed by atoms with Crippen molar-refractivity contribution in [1.82, 2.24) is 4.72 Å². The Morgan fingerprint density at radius 3 is 2.21 bits per heavy atom. The van der Waals surface area contributed by atoms with Crippen molar-refractivity contribution < 1.29 is 9.18 Å². The van der Waals surface area contributed by atoms with E-state index in [4.69, 9.17) is 0 Å². The van der Waals surface area contributed by atoms with Crippen LogP contribution >= 0.6 is 11.9 Å². The molecule has 5 saturated carbocycles. The van der Waals surface area contributed by atoms with E-state index in [1.807, 2.05) is 0 Å². The molecular formula is C38H60FNOS. The van der Waals surface area contributed by atoms with Crippen LogP contribution < -0.4 is 4.72 Å². The van der Waals surface area contributed by atoms with E-state index in [1.165, 1.54) is 120 Å². The van der Waals surface area contributed by atoms with Crippen molar-refractivity contribution in [2.45, 2.75) is 149 Å². The summed E-state index contributed by atoms with van der Waals surface area (Å²) in [6.45, 7) is 12.5. The number of benzene rings is 1. The van der Waals surface area contributed by atoms with Crippen LogP contribution in [0, 0.1) is 57.6 Å². The van der Waals surface area contributed by atoms with Crippen LogP contribution in [0.5, 0.6) is 0 Å². The SMILES string of the molecule is CC1(C)CCCC1.CC[C@H]1CC2C3CCC(CCCC(=O)NSc4ccc(F)cc4)C3(C)CCC2C2(C)CCCCC12. The van der Waals surface area contributed by atoms with E-state index in [2.05, 4.69) is 39.3 Å². The first-order valence-electron chi connectivity index (χ1n) is 17.8. The summed E-state index contributed by atoms with van der Waals surface area (Å²) in [5, 5.41) is 0. The van der Waals surface area contributed by atoms with Gasteiger partial charge < -0.3 is 0 Å². The number of hydrogen-bond donors (Lipinski definition) is 1. The number of halogens is 1. The van der Waals surface area contributed by atoms with Gasteiger partial charge in [0.2, 0.25) is 5.91 Å². The van der Waals surface area contributed by atoms with E-state index in [0.29, 0.717) is 22.7 Å². The standard InChI is InChI=1S/C31H46FNOS.C7H14/c1-4-21-20-25-27-16-11-22(8-7-10-29(34)33-35-24-14-12-23(32)13-15-24)30(27,2)19-17-28(25)31(3)18-6-5-9-26(21)31;1-7(2)5-3-4-6-7/h12-15,21-22,25-28H,4-11,16-20H2,1-3H3,(H,33,34);3-6H2,1-2H3/t21-,22?,25?,26?,27?,28?,30?,31?;/m0./s1. The van der Waals surface area contributed by atoms with Crippen LogP contribution in [-0.4, -0.2) is 5.91 Å². The van der Waals surface area contributed by atoms with E-state index < -0.39 is 0 Å². The lowest BCUT2D eigenvalue weighted by Crippen LogP contribution is -2.55. The second-order valence-corrected chi connectivity index (χ2v) is 17.2. The molecule has 6 rings (SSSR count). The lowest BCUT2D eigenvalue weighted by molar-refractivity contribution is -0.136. The van der Waals surface area contributed by atoms with Gasteiger partial charge in [0, 0.05) is 11.3 Å². The number of fused-ring (bicyclic) bond motifs is 5. The fraction of sp³-hybridized carbons (Fsp3) is 0.816. The molecule has 8 atom stereocenters. The van der Waals surface area contributed by atoms with Gasteiger partial charge in [-0.3, -0.25) is 9.52 Å². The van der Waals surface area contributed by atoms with Crippen LogP contribution in [0.25, 0.3) is 0 Å². The third kappa shape index (κ3) is 6.94. The minimum absolute atomic E-state index is 0.0945. The van der Waals surface area contributed by atoms with Gasteiger partial charge in [-0.2, -0.15) is 0 Å². The highest BCUT2D eigenvalue weighted by atomic mass is 32.2. The molecule has 5 fully saturated rings. The average Bonchev–Trinajstić information content (AvgIpc) is 3.53. The minimum Gasteiger partial charge on any atom is -0.296 e. The Labute approximate surface area is 261 Å². The highest BCUT2D eigenvalue weighted by molar-refractivity contribution is 7.98. The molecule has 7 unspecified atom stereocenters. The first-order valence-corrected chi connectivity index (χ1v) is 18.6. The van der Waals surface area contributed by atoms with E-state index in [1.54, 1.807) is 12.1 Å². The highest BCUT2D eigenvalue weighted by Gasteiger charge is 2.60. The first kappa shape index (κ1) is 32.4. The third-order valence-electron chi connectivity index (χ3n) is 13.5. The molecule has 5 aliphatic rings. The summed E-state index contributed by atoms with van der Waals surface area (Å²) in [4.78, 5) is 13.3. The molecule has 1 aromatic carbocycles. The normalized spacial score (nSPS) is 38.4. The maximum atomic E-state index is 13.1. The van der Waals surface area contributed by atoms with E-state index >= 15 is 0 Å². The Kier molecular flexibility index (Phi) is 10.4. The van der Waals surface area contributed by atoms with Gasteiger partial charge in [0.25, 0.3) is 0 Å². The molecule has 42 heavy (non-hydrogen) atoms. The van der Waals surface area contributed by atoms with Gasteiger partial charge in [-0.1, -0.05) is 66.7 Å². The Bertz CT molecular complexity index is 1030. The van der Waals surface area contributed by atoms with Gasteiger partial charge in [-0.25, -0.2) is 4.39 Å². The zero-order chi connectivity index (χ0) is 30.0. The molecule has 0 spiro atoms. The fourth-order valence-electron chi connectivity index (χ4n) is 11.1. The summed E-state index contributed by atoms with van der Waals surface area (Å²) in [6.07, 6.45) is 23.0. The van der Waals surface area contributed by atoms with Crippen molar-refractivity contribution in [3.63, 3.8) is 0 Å². The number of carbonyl (C=O) groups excluding carboxylic acids is 1. The molecule has 4 heteroatoms. The maximum absolute atomic E-state index is 13.1. The number of nitrogens with one attached hydrogen (secondary N) is 1. The molecule has 5 aliphatic carbocycles. The van der Waals surface area contributed by atoms with Gasteiger partial charge in [-0.15, -0.1) is 0 Å². The van der Waals surface area contributed by atoms with Gasteiger partial charge >= 0.3 is 0 Å². The average molecular weight is 598 g/mol. The monoisotopic (exact) mass is 597 g/mol. The fourth-order valence-corrected chi connectivity index (χ4v) is 11.7. The van der Waals surface area contributed by atoms with Crippen molar-refractivity contribution in [3.8, 4) is 0 Å². The molecule has 236 valence electrons. The number of hydrogen-bond acceptors (Lipinski definition) is 2. The molecular weight excluding hydrogens is 537 g/mol. The molecule has 2 nitrogen and oxygen atoms in total. The maximum Gasteiger partial charge on any atom is 0.230 e. The van der Waals surface area contributed by atoms with Crippen LogP contribution in [0.3, 0.4) is 0 Å². The quantitative estimate of drug-likeness (QED) is 0.317. The molecule has 0 aromatic heterocycles. The van der Waals surface area contributed by atoms with Gasteiger partial charge in [0.05, 0.1) is 0 Å². The van der Waals surface area contributed by atoms with Crippen LogP contribution in [0.2, 0.25) is 0 Å². The summed E-state index contributed by atoms with van der Waals surface area (Å²) in [7, 11) is 0. The Morgan fingerprint density at radius 1 is 0.857 bits per heavy atom. The highest BCUT2D eigenvalue weighted by Crippen LogP contribution is 2.69. The largest absolute Gasteiger partial charge is 0.296 e. The van der Waals surface area contributed by atoms with Crippen LogP contribution in [-0.2, 0) is 4.79 Å². The zero-order valence-corrected chi connectivity index (χ0v) is 28.3. The predicted octanol–water partition coefficient (Wildman–Crippen LogP) is 11.4. The van der Waals surface area contributed by atoms with Gasteiger partial charge in [0.15, 0.2) is 0 Å². The zero-order valence-electron chi connectivity index (χ0n) is 27.5. The van der Waals surface area contributed by atoms with Gasteiger partial charge in [0.1, 0.15) is 5.82 Å². The summed E-state index contributed by atoms with van der Waals surface area (Å²) < 4.78 is 16.0. The van der Waals surface area contributed by atoms with Crippen molar-refractivity contribution in [2.75, 3.05) is 0 Å². The molecule has 0 bridgehead atoms. The lowest BCUT2D eigenvalue weighted by Gasteiger charge is -2.62. The Morgan fingerprint density at radius 2 is 1.55 bits per heavy atom. The van der Waals surface area contributed by atoms with Crippen LogP contribution in [0.1, 0.15) is 144 Å². The third-order valence-corrected chi connectivity index (χ3v) is 14.3. The molecule has 0 aliphatic heterocycles. The van der Waals surface area contributed by atoms with Crippen molar-refractivity contribution in [2.24, 2.45) is 51.8 Å². The van der Waals surface area contributed by atoms with Crippen LogP contribution in [0.15, 0.2) is 29.2 Å². The van der Waals surface area contributed by atoms with Gasteiger partial charge in [-0.05, 0) is 159 Å². The Balaban J connectivity index is 0.000000442. The van der Waals surface area contributed by atoms with E-state index in [-0.39, 0.29) is 11.7 Å². The van der Waals surface area contributed by atoms with Crippen LogP contribution in [0.4, 0.5) is 4.39 Å². The second-order valence-electron chi connectivity index (χ2n) is 16.3. The Hall–Kier alpha value is -1.03. The molecule has 1 aromatic rings. The predicted molar refractivity (Wildman–Crippen MR) is 175 cm³/mol. The summed E-state index contributed by atoms with van der Waals surface area (Å²) >= 11 is 1.29. The number of carbonyl (C=O) groups is 1. The molecule has 0 radical (unpaired) electrons. The smallest absolute Gasteiger partial charge is 0.230 e. The first-order chi connectivity index (χ1) is 20.1. The lowest BCUT2D eigenvalue weighted by atomic mass is 9.42. The van der Waals surface area contributed by atoms with Crippen molar-refractivity contribution in [1.29, 1.82) is 0 Å². The topological polar surface area (TPSA) is 29.1 Å². The minimum atomic E-state index is -0.246. The molecule has 0 saturated heterocycles. The molecule has 0 heterocycles. The molecule has 1 amide bonds. The second kappa shape index (κ2) is 13.5. The van der Waals surface area contributed by atoms with Crippen molar-refractivity contribution >= 4 is 17.9 Å². The summed E-state index contributed by atoms with van der Waals surface area (Å²) in [6, 6.07) is 6.29. The van der Waals surface area contributed by atoms with E-state index in [9.17, 15) is 9.18 Å². The summed E-state index contributed by atoms with van der Waals surface area (Å²) in [5.41, 5.74) is 1.78. The van der Waals surface area contributed by atoms with Crippen molar-refractivity contribution in [3.05, 3.63) is 30.1 Å². The van der Waals surface area contributed by atoms with E-state index in [0.717, 1.165) is 46.8 Å².